The molecule has 1 aromatic heterocycles. The van der Waals surface area contributed by atoms with Gasteiger partial charge in [-0.3, -0.25) is 9.36 Å². The largest absolute Gasteiger partial charge is 0.497 e. The molecule has 31 heavy (non-hydrogen) atoms. The van der Waals surface area contributed by atoms with Gasteiger partial charge in [0.1, 0.15) is 11.6 Å². The van der Waals surface area contributed by atoms with Gasteiger partial charge in [0.25, 0.3) is 5.56 Å². The smallest absolute Gasteiger partial charge is 0.338 e. The van der Waals surface area contributed by atoms with E-state index in [-0.39, 0.29) is 11.4 Å². The van der Waals surface area contributed by atoms with E-state index >= 15 is 0 Å². The van der Waals surface area contributed by atoms with Crippen LogP contribution in [-0.4, -0.2) is 24.8 Å². The number of thiazole rings is 1. The second-order valence-electron chi connectivity index (χ2n) is 6.90. The molecular formula is C23H19FN2O4S. The third-order valence-electron chi connectivity index (χ3n) is 5.03. The van der Waals surface area contributed by atoms with Crippen molar-refractivity contribution >= 4 is 23.4 Å². The van der Waals surface area contributed by atoms with Gasteiger partial charge in [-0.2, -0.15) is 0 Å². The highest BCUT2D eigenvalue weighted by Gasteiger charge is 2.33. The van der Waals surface area contributed by atoms with Gasteiger partial charge in [0.15, 0.2) is 4.80 Å². The number of methoxy groups -OCH3 is 2. The molecule has 0 fully saturated rings. The Morgan fingerprint density at radius 2 is 1.81 bits per heavy atom. The van der Waals surface area contributed by atoms with Gasteiger partial charge in [0.05, 0.1) is 36.1 Å². The zero-order valence-electron chi connectivity index (χ0n) is 17.1. The predicted octanol–water partition coefficient (Wildman–Crippen LogP) is 2.56. The number of aromatic nitrogens is 1. The van der Waals surface area contributed by atoms with Crippen molar-refractivity contribution in [2.75, 3.05) is 14.2 Å². The highest BCUT2D eigenvalue weighted by atomic mass is 32.1. The Labute approximate surface area is 181 Å². The summed E-state index contributed by atoms with van der Waals surface area (Å²) in [5.74, 6) is -0.237. The average Bonchev–Trinajstić information content (AvgIpc) is 3.08. The standard InChI is InChI=1S/C23H19FN2O4S/c1-13-19(22(28)30-3)20(15-6-10-17(29-2)11-7-15)26-21(27)18(31-23(26)25-13)12-14-4-8-16(24)9-5-14/h4-12,20H,1-3H3/b18-12-. The van der Waals surface area contributed by atoms with Crippen molar-refractivity contribution in [2.45, 2.75) is 13.0 Å². The lowest BCUT2D eigenvalue weighted by Crippen LogP contribution is -2.39. The van der Waals surface area contributed by atoms with Crippen molar-refractivity contribution in [3.05, 3.63) is 96.4 Å². The van der Waals surface area contributed by atoms with Gasteiger partial charge >= 0.3 is 5.97 Å². The molecule has 1 aliphatic heterocycles. The van der Waals surface area contributed by atoms with Crippen LogP contribution < -0.4 is 19.6 Å². The number of rotatable bonds is 4. The van der Waals surface area contributed by atoms with E-state index in [0.717, 1.165) is 5.56 Å². The number of halogens is 1. The van der Waals surface area contributed by atoms with Crippen LogP contribution in [0.15, 0.2) is 69.6 Å². The number of carbonyl (C=O) groups excluding carboxylic acids is 1. The molecule has 0 radical (unpaired) electrons. The van der Waals surface area contributed by atoms with Gasteiger partial charge < -0.3 is 9.47 Å². The zero-order chi connectivity index (χ0) is 22.1. The molecule has 6 nitrogen and oxygen atoms in total. The summed E-state index contributed by atoms with van der Waals surface area (Å²) in [5, 5.41) is 0. The van der Waals surface area contributed by atoms with Crippen molar-refractivity contribution in [1.29, 1.82) is 0 Å². The minimum absolute atomic E-state index is 0.289. The Morgan fingerprint density at radius 1 is 1.13 bits per heavy atom. The lowest BCUT2D eigenvalue weighted by Gasteiger charge is -2.24. The second-order valence-corrected chi connectivity index (χ2v) is 7.91. The summed E-state index contributed by atoms with van der Waals surface area (Å²) in [5.41, 5.74) is 1.92. The van der Waals surface area contributed by atoms with Crippen LogP contribution in [0.5, 0.6) is 5.75 Å². The van der Waals surface area contributed by atoms with Crippen molar-refractivity contribution in [2.24, 2.45) is 4.99 Å². The Kier molecular flexibility index (Phi) is 5.56. The molecule has 1 aliphatic rings. The average molecular weight is 438 g/mol. The summed E-state index contributed by atoms with van der Waals surface area (Å²) in [6, 6.07) is 12.3. The highest BCUT2D eigenvalue weighted by molar-refractivity contribution is 7.07. The van der Waals surface area contributed by atoms with Crippen molar-refractivity contribution in [3.8, 4) is 5.75 Å². The summed E-state index contributed by atoms with van der Waals surface area (Å²) >= 11 is 1.22. The second kappa shape index (κ2) is 8.31. The lowest BCUT2D eigenvalue weighted by molar-refractivity contribution is -0.136. The molecule has 0 spiro atoms. The van der Waals surface area contributed by atoms with Gasteiger partial charge in [-0.15, -0.1) is 0 Å². The maximum Gasteiger partial charge on any atom is 0.338 e. The topological polar surface area (TPSA) is 69.9 Å². The lowest BCUT2D eigenvalue weighted by atomic mass is 9.96. The van der Waals surface area contributed by atoms with Crippen LogP contribution in [0.1, 0.15) is 24.1 Å². The summed E-state index contributed by atoms with van der Waals surface area (Å²) < 4.78 is 25.4. The van der Waals surface area contributed by atoms with E-state index in [1.807, 2.05) is 12.1 Å². The molecule has 1 unspecified atom stereocenters. The summed E-state index contributed by atoms with van der Waals surface area (Å²) in [4.78, 5) is 31.0. The van der Waals surface area contributed by atoms with Gasteiger partial charge in [-0.1, -0.05) is 35.6 Å². The third kappa shape index (κ3) is 3.82. The maximum atomic E-state index is 13.4. The number of ether oxygens (including phenoxy) is 2. The molecule has 2 heterocycles. The normalized spacial score (nSPS) is 16.0. The van der Waals surface area contributed by atoms with Crippen LogP contribution in [0.25, 0.3) is 6.08 Å². The first-order valence-electron chi connectivity index (χ1n) is 9.43. The first kappa shape index (κ1) is 20.7. The van der Waals surface area contributed by atoms with E-state index in [4.69, 9.17) is 9.47 Å². The van der Waals surface area contributed by atoms with Crippen molar-refractivity contribution in [3.63, 3.8) is 0 Å². The van der Waals surface area contributed by atoms with Crippen LogP contribution in [0.4, 0.5) is 4.39 Å². The van der Waals surface area contributed by atoms with Gasteiger partial charge in [0.2, 0.25) is 0 Å². The molecule has 0 bridgehead atoms. The third-order valence-corrected chi connectivity index (χ3v) is 6.01. The molecule has 4 rings (SSSR count). The molecular weight excluding hydrogens is 419 g/mol. The Bertz CT molecular complexity index is 1350. The van der Waals surface area contributed by atoms with Crippen molar-refractivity contribution in [1.82, 2.24) is 4.57 Å². The van der Waals surface area contributed by atoms with E-state index < -0.39 is 12.0 Å². The molecule has 8 heteroatoms. The van der Waals surface area contributed by atoms with Crippen LogP contribution in [0.2, 0.25) is 0 Å². The quantitative estimate of drug-likeness (QED) is 0.587. The van der Waals surface area contributed by atoms with Crippen LogP contribution in [0.3, 0.4) is 0 Å². The first-order chi connectivity index (χ1) is 14.9. The fraction of sp³-hybridized carbons (Fsp3) is 0.174. The number of carbonyl (C=O) groups is 1. The number of esters is 1. The predicted molar refractivity (Wildman–Crippen MR) is 115 cm³/mol. The summed E-state index contributed by atoms with van der Waals surface area (Å²) in [6.45, 7) is 1.72. The molecule has 2 aromatic carbocycles. The Hall–Kier alpha value is -3.52. The van der Waals surface area contributed by atoms with Gasteiger partial charge in [0, 0.05) is 0 Å². The molecule has 0 amide bonds. The summed E-state index contributed by atoms with van der Waals surface area (Å²) in [6.07, 6.45) is 1.69. The number of nitrogens with zero attached hydrogens (tertiary/aromatic N) is 2. The maximum absolute atomic E-state index is 13.4. The molecule has 3 aromatic rings. The van der Waals surface area contributed by atoms with Crippen LogP contribution in [0, 0.1) is 5.82 Å². The van der Waals surface area contributed by atoms with Crippen LogP contribution >= 0.6 is 11.3 Å². The molecule has 0 aliphatic carbocycles. The molecule has 0 saturated carbocycles. The number of hydrogen-bond acceptors (Lipinski definition) is 6. The first-order valence-corrected chi connectivity index (χ1v) is 10.2. The van der Waals surface area contributed by atoms with Crippen molar-refractivity contribution < 1.29 is 18.7 Å². The van der Waals surface area contributed by atoms with E-state index in [1.165, 1.54) is 35.1 Å². The number of fused-ring (bicyclic) bond motifs is 1. The Balaban J connectivity index is 1.94. The molecule has 0 saturated heterocycles. The van der Waals surface area contributed by atoms with Gasteiger partial charge in [-0.25, -0.2) is 14.2 Å². The molecule has 158 valence electrons. The number of benzene rings is 2. The number of allylic oxidation sites excluding steroid dienone is 1. The number of hydrogen-bond donors (Lipinski definition) is 0. The van der Waals surface area contributed by atoms with E-state index in [9.17, 15) is 14.0 Å². The van der Waals surface area contributed by atoms with E-state index in [0.29, 0.717) is 31.9 Å². The van der Waals surface area contributed by atoms with Crippen LogP contribution in [-0.2, 0) is 9.53 Å². The molecule has 0 N–H and O–H groups in total. The minimum atomic E-state index is -0.690. The monoisotopic (exact) mass is 438 g/mol. The van der Waals surface area contributed by atoms with E-state index in [1.54, 1.807) is 44.4 Å². The summed E-state index contributed by atoms with van der Waals surface area (Å²) in [7, 11) is 2.87. The van der Waals surface area contributed by atoms with E-state index in [2.05, 4.69) is 4.99 Å². The zero-order valence-corrected chi connectivity index (χ0v) is 17.9. The molecule has 1 atom stereocenters. The SMILES string of the molecule is COC(=O)C1=C(C)N=c2s/c(=C\c3ccc(F)cc3)c(=O)n2C1c1ccc(OC)cc1. The van der Waals surface area contributed by atoms with Gasteiger partial charge in [-0.05, 0) is 48.4 Å². The Morgan fingerprint density at radius 3 is 2.42 bits per heavy atom. The fourth-order valence-electron chi connectivity index (χ4n) is 3.50. The highest BCUT2D eigenvalue weighted by Crippen LogP contribution is 2.31. The minimum Gasteiger partial charge on any atom is -0.497 e. The fourth-order valence-corrected chi connectivity index (χ4v) is 4.55.